The van der Waals surface area contributed by atoms with E-state index in [4.69, 9.17) is 33.0 Å². The van der Waals surface area contributed by atoms with Gasteiger partial charge in [0, 0.05) is 11.2 Å². The van der Waals surface area contributed by atoms with Crippen molar-refractivity contribution in [3.05, 3.63) is 87.3 Å². The summed E-state index contributed by atoms with van der Waals surface area (Å²) in [6, 6.07) is 10.8. The van der Waals surface area contributed by atoms with Gasteiger partial charge in [-0.15, -0.1) is 0 Å². The number of rotatable bonds is 6. The maximum absolute atomic E-state index is 14.1. The number of hydrogen-bond donors (Lipinski definition) is 2. The van der Waals surface area contributed by atoms with Crippen LogP contribution in [0, 0.1) is 5.82 Å². The van der Waals surface area contributed by atoms with Gasteiger partial charge in [0.05, 0.1) is 16.6 Å². The molecule has 1 atom stereocenters. The molecule has 0 aliphatic heterocycles. The highest BCUT2D eigenvalue weighted by atomic mass is 35.5. The maximum Gasteiger partial charge on any atom is 0.335 e. The number of carboxylic acid groups (broad SMARTS) is 1. The molecule has 1 heterocycles. The molecule has 6 nitrogen and oxygen atoms in total. The fraction of sp³-hybridized carbons (Fsp3) is 0.0952. The van der Waals surface area contributed by atoms with E-state index in [0.29, 0.717) is 5.56 Å². The zero-order chi connectivity index (χ0) is 21.8. The molecule has 2 aromatic carbocycles. The Hall–Kier alpha value is -3.16. The molecule has 9 heteroatoms. The van der Waals surface area contributed by atoms with Crippen LogP contribution in [0.2, 0.25) is 10.0 Å². The standard InChI is InChI=1S/C21H15Cl2FN2O4/c1-11(12-2-4-13(5-3-12)21(28)29)26-19(27)16-8-15(23)10-25-20(16)30-18-7-6-14(22)9-17(18)24/h2-11H,1H3,(H,26,27)(H,28,29)/t11-/m0/s1. The van der Waals surface area contributed by atoms with Crippen LogP contribution in [0.25, 0.3) is 0 Å². The summed E-state index contributed by atoms with van der Waals surface area (Å²) in [6.45, 7) is 1.73. The van der Waals surface area contributed by atoms with Gasteiger partial charge in [0.25, 0.3) is 5.91 Å². The summed E-state index contributed by atoms with van der Waals surface area (Å²) < 4.78 is 19.5. The SMILES string of the molecule is C[C@H](NC(=O)c1cc(Cl)cnc1Oc1ccc(Cl)cc1F)c1ccc(C(=O)O)cc1. The van der Waals surface area contributed by atoms with Crippen LogP contribution in [0.15, 0.2) is 54.7 Å². The predicted octanol–water partition coefficient (Wildman–Crippen LogP) is 5.51. The van der Waals surface area contributed by atoms with Crippen LogP contribution < -0.4 is 10.1 Å². The van der Waals surface area contributed by atoms with Crippen LogP contribution in [0.3, 0.4) is 0 Å². The van der Waals surface area contributed by atoms with Crippen molar-refractivity contribution >= 4 is 35.1 Å². The van der Waals surface area contributed by atoms with E-state index in [2.05, 4.69) is 10.3 Å². The molecule has 1 amide bonds. The molecule has 0 saturated carbocycles. The summed E-state index contributed by atoms with van der Waals surface area (Å²) in [7, 11) is 0. The van der Waals surface area contributed by atoms with Crippen LogP contribution in [-0.2, 0) is 0 Å². The number of halogens is 3. The number of nitrogens with zero attached hydrogens (tertiary/aromatic N) is 1. The molecule has 0 saturated heterocycles. The van der Waals surface area contributed by atoms with E-state index >= 15 is 0 Å². The molecule has 0 unspecified atom stereocenters. The lowest BCUT2D eigenvalue weighted by molar-refractivity contribution is 0.0696. The summed E-state index contributed by atoms with van der Waals surface area (Å²) in [5.74, 6) is -2.59. The Balaban J connectivity index is 1.82. The van der Waals surface area contributed by atoms with Crippen molar-refractivity contribution in [2.24, 2.45) is 0 Å². The zero-order valence-corrected chi connectivity index (χ0v) is 17.0. The maximum atomic E-state index is 14.1. The molecule has 3 aromatic rings. The number of benzene rings is 2. The van der Waals surface area contributed by atoms with E-state index in [0.717, 1.165) is 6.07 Å². The summed E-state index contributed by atoms with van der Waals surface area (Å²) in [5.41, 5.74) is 0.831. The molecule has 154 valence electrons. The van der Waals surface area contributed by atoms with Gasteiger partial charge in [-0.25, -0.2) is 14.2 Å². The first-order chi connectivity index (χ1) is 14.2. The Morgan fingerprint density at radius 2 is 1.80 bits per heavy atom. The van der Waals surface area contributed by atoms with Gasteiger partial charge < -0.3 is 15.2 Å². The molecular formula is C21H15Cl2FN2O4. The summed E-state index contributed by atoms with van der Waals surface area (Å²) in [6.07, 6.45) is 1.27. The number of carboxylic acids is 1. The topological polar surface area (TPSA) is 88.5 Å². The van der Waals surface area contributed by atoms with Gasteiger partial charge in [-0.2, -0.15) is 0 Å². The van der Waals surface area contributed by atoms with Gasteiger partial charge in [-0.3, -0.25) is 4.79 Å². The molecule has 3 rings (SSSR count). The minimum absolute atomic E-state index is 0.00542. The molecule has 30 heavy (non-hydrogen) atoms. The van der Waals surface area contributed by atoms with Crippen molar-refractivity contribution in [3.63, 3.8) is 0 Å². The number of nitrogens with one attached hydrogen (secondary N) is 1. The van der Waals surface area contributed by atoms with Crippen LogP contribution >= 0.6 is 23.2 Å². The van der Waals surface area contributed by atoms with Crippen molar-refractivity contribution < 1.29 is 23.8 Å². The molecule has 2 N–H and O–H groups in total. The number of aromatic carboxylic acids is 1. The number of hydrogen-bond acceptors (Lipinski definition) is 4. The highest BCUT2D eigenvalue weighted by molar-refractivity contribution is 6.31. The van der Waals surface area contributed by atoms with E-state index in [1.807, 2.05) is 0 Å². The van der Waals surface area contributed by atoms with E-state index < -0.39 is 23.7 Å². The average Bonchev–Trinajstić information content (AvgIpc) is 2.71. The second-order valence-corrected chi connectivity index (χ2v) is 7.18. The van der Waals surface area contributed by atoms with Gasteiger partial charge in [-0.05, 0) is 48.9 Å². The Kier molecular flexibility index (Phi) is 6.54. The number of amides is 1. The van der Waals surface area contributed by atoms with Crippen LogP contribution in [0.4, 0.5) is 4.39 Å². The smallest absolute Gasteiger partial charge is 0.335 e. The Labute approximate surface area is 181 Å². The van der Waals surface area contributed by atoms with Gasteiger partial charge in [0.2, 0.25) is 5.88 Å². The molecule has 1 aromatic heterocycles. The normalized spacial score (nSPS) is 11.6. The first-order valence-electron chi connectivity index (χ1n) is 8.67. The molecule has 0 spiro atoms. The first kappa shape index (κ1) is 21.5. The monoisotopic (exact) mass is 448 g/mol. The second kappa shape index (κ2) is 9.11. The summed E-state index contributed by atoms with van der Waals surface area (Å²) in [4.78, 5) is 27.8. The largest absolute Gasteiger partial charge is 0.478 e. The van der Waals surface area contributed by atoms with E-state index in [1.54, 1.807) is 19.1 Å². The molecule has 0 aliphatic carbocycles. The summed E-state index contributed by atoms with van der Waals surface area (Å²) >= 11 is 11.7. The molecule has 0 fully saturated rings. The Morgan fingerprint density at radius 1 is 1.10 bits per heavy atom. The Morgan fingerprint density at radius 3 is 2.43 bits per heavy atom. The van der Waals surface area contributed by atoms with Crippen molar-refractivity contribution in [3.8, 4) is 11.6 Å². The van der Waals surface area contributed by atoms with Gasteiger partial charge in [0.15, 0.2) is 11.6 Å². The number of carbonyl (C=O) groups is 2. The van der Waals surface area contributed by atoms with Crippen LogP contribution in [0.1, 0.15) is 39.2 Å². The predicted molar refractivity (Wildman–Crippen MR) is 110 cm³/mol. The second-order valence-electron chi connectivity index (χ2n) is 6.31. The van der Waals surface area contributed by atoms with Crippen molar-refractivity contribution in [1.82, 2.24) is 10.3 Å². The van der Waals surface area contributed by atoms with Crippen molar-refractivity contribution in [2.45, 2.75) is 13.0 Å². The molecule has 0 radical (unpaired) electrons. The third-order valence-electron chi connectivity index (χ3n) is 4.17. The zero-order valence-electron chi connectivity index (χ0n) is 15.5. The van der Waals surface area contributed by atoms with Crippen LogP contribution in [0.5, 0.6) is 11.6 Å². The van der Waals surface area contributed by atoms with Crippen molar-refractivity contribution in [1.29, 1.82) is 0 Å². The third-order valence-corrected chi connectivity index (χ3v) is 4.61. The number of aromatic nitrogens is 1. The lowest BCUT2D eigenvalue weighted by Crippen LogP contribution is -2.27. The van der Waals surface area contributed by atoms with E-state index in [9.17, 15) is 14.0 Å². The molecular weight excluding hydrogens is 434 g/mol. The minimum atomic E-state index is -1.04. The van der Waals surface area contributed by atoms with E-state index in [1.165, 1.54) is 36.5 Å². The molecule has 0 bridgehead atoms. The third kappa shape index (κ3) is 5.06. The summed E-state index contributed by atoms with van der Waals surface area (Å²) in [5, 5.41) is 12.1. The van der Waals surface area contributed by atoms with Gasteiger partial charge >= 0.3 is 5.97 Å². The lowest BCUT2D eigenvalue weighted by atomic mass is 10.1. The van der Waals surface area contributed by atoms with E-state index in [-0.39, 0.29) is 32.8 Å². The fourth-order valence-corrected chi connectivity index (χ4v) is 2.92. The average molecular weight is 449 g/mol. The van der Waals surface area contributed by atoms with Crippen LogP contribution in [-0.4, -0.2) is 22.0 Å². The molecule has 0 aliphatic rings. The Bertz CT molecular complexity index is 1110. The minimum Gasteiger partial charge on any atom is -0.478 e. The number of carbonyl (C=O) groups excluding carboxylic acids is 1. The van der Waals surface area contributed by atoms with Gasteiger partial charge in [0.1, 0.15) is 5.56 Å². The van der Waals surface area contributed by atoms with Crippen molar-refractivity contribution in [2.75, 3.05) is 0 Å². The number of ether oxygens (including phenoxy) is 1. The highest BCUT2D eigenvalue weighted by Crippen LogP contribution is 2.29. The lowest BCUT2D eigenvalue weighted by Gasteiger charge is -2.16. The first-order valence-corrected chi connectivity index (χ1v) is 9.42. The number of pyridine rings is 1. The highest BCUT2D eigenvalue weighted by Gasteiger charge is 2.19. The van der Waals surface area contributed by atoms with Gasteiger partial charge in [-0.1, -0.05) is 35.3 Å². The fourth-order valence-electron chi connectivity index (χ4n) is 2.60. The quantitative estimate of drug-likeness (QED) is 0.518.